The molecule has 1 fully saturated rings. The van der Waals surface area contributed by atoms with Crippen molar-refractivity contribution in [2.45, 2.75) is 0 Å². The first-order valence-corrected chi connectivity index (χ1v) is 7.52. The first kappa shape index (κ1) is 16.3. The fourth-order valence-electron chi connectivity index (χ4n) is 2.35. The summed E-state index contributed by atoms with van der Waals surface area (Å²) < 4.78 is 0. The summed E-state index contributed by atoms with van der Waals surface area (Å²) in [5, 5.41) is 14.8. The second kappa shape index (κ2) is 6.88. The van der Waals surface area contributed by atoms with Gasteiger partial charge in [0.1, 0.15) is 18.0 Å². The maximum Gasteiger partial charge on any atom is 0.329 e. The number of imide groups is 1. The predicted molar refractivity (Wildman–Crippen MR) is 91.4 cm³/mol. The molecule has 3 N–H and O–H groups in total. The lowest BCUT2D eigenvalue weighted by atomic mass is 10.1. The van der Waals surface area contributed by atoms with Gasteiger partial charge in [0, 0.05) is 11.3 Å². The number of amides is 4. The third-order valence-electron chi connectivity index (χ3n) is 3.56. The molecular weight excluding hydrogens is 322 g/mol. The van der Waals surface area contributed by atoms with Gasteiger partial charge in [0.05, 0.1) is 0 Å². The van der Waals surface area contributed by atoms with E-state index in [9.17, 15) is 19.5 Å². The van der Waals surface area contributed by atoms with Crippen molar-refractivity contribution in [2.24, 2.45) is 0 Å². The van der Waals surface area contributed by atoms with Crippen LogP contribution < -0.4 is 10.6 Å². The van der Waals surface area contributed by atoms with Crippen LogP contribution in [0.25, 0.3) is 6.08 Å². The van der Waals surface area contributed by atoms with Crippen molar-refractivity contribution < 1.29 is 19.5 Å². The van der Waals surface area contributed by atoms with Crippen LogP contribution in [0.1, 0.15) is 5.56 Å². The Hall–Kier alpha value is -3.61. The van der Waals surface area contributed by atoms with Crippen LogP contribution in [-0.2, 0) is 9.59 Å². The molecule has 25 heavy (non-hydrogen) atoms. The standard InChI is InChI=1S/C18H15N3O4/c22-15-9-5-4-6-12(15)10-14-17(24)21(18(25)20-14)11-16(23)19-13-7-2-1-3-8-13/h1-10,22H,11H2,(H,19,23)(H,20,25)/b14-10-. The lowest BCUT2D eigenvalue weighted by Crippen LogP contribution is -2.38. The van der Waals surface area contributed by atoms with E-state index in [1.165, 1.54) is 12.1 Å². The normalized spacial score (nSPS) is 15.4. The largest absolute Gasteiger partial charge is 0.507 e. The van der Waals surface area contributed by atoms with Crippen LogP contribution in [0.15, 0.2) is 60.3 Å². The number of aromatic hydroxyl groups is 1. The summed E-state index contributed by atoms with van der Waals surface area (Å²) in [6.45, 7) is -0.405. The molecular formula is C18H15N3O4. The van der Waals surface area contributed by atoms with Gasteiger partial charge in [-0.3, -0.25) is 9.59 Å². The minimum Gasteiger partial charge on any atom is -0.507 e. The first-order chi connectivity index (χ1) is 12.0. The van der Waals surface area contributed by atoms with Crippen LogP contribution in [-0.4, -0.2) is 34.4 Å². The van der Waals surface area contributed by atoms with Crippen molar-refractivity contribution >= 4 is 29.6 Å². The van der Waals surface area contributed by atoms with E-state index in [4.69, 9.17) is 0 Å². The fourth-order valence-corrected chi connectivity index (χ4v) is 2.35. The molecule has 4 amide bonds. The summed E-state index contributed by atoms with van der Waals surface area (Å²) in [5.74, 6) is -1.13. The van der Waals surface area contributed by atoms with Gasteiger partial charge in [-0.05, 0) is 24.3 Å². The van der Waals surface area contributed by atoms with Crippen LogP contribution >= 0.6 is 0 Å². The van der Waals surface area contributed by atoms with Crippen molar-refractivity contribution in [2.75, 3.05) is 11.9 Å². The number of nitrogens with one attached hydrogen (secondary N) is 2. The van der Waals surface area contributed by atoms with Gasteiger partial charge < -0.3 is 15.7 Å². The predicted octanol–water partition coefficient (Wildman–Crippen LogP) is 1.92. The van der Waals surface area contributed by atoms with Gasteiger partial charge in [-0.25, -0.2) is 9.69 Å². The number of nitrogens with zero attached hydrogens (tertiary/aromatic N) is 1. The smallest absolute Gasteiger partial charge is 0.329 e. The molecule has 1 aliphatic rings. The highest BCUT2D eigenvalue weighted by atomic mass is 16.3. The van der Waals surface area contributed by atoms with Gasteiger partial charge in [0.2, 0.25) is 5.91 Å². The van der Waals surface area contributed by atoms with Gasteiger partial charge in [0.25, 0.3) is 5.91 Å². The van der Waals surface area contributed by atoms with Gasteiger partial charge in [-0.1, -0.05) is 36.4 Å². The average Bonchev–Trinajstić information content (AvgIpc) is 2.85. The number of hydrogen-bond donors (Lipinski definition) is 3. The van der Waals surface area contributed by atoms with Gasteiger partial charge in [-0.15, -0.1) is 0 Å². The minimum atomic E-state index is -0.685. The van der Waals surface area contributed by atoms with E-state index in [-0.39, 0.29) is 11.4 Å². The molecule has 7 heteroatoms. The average molecular weight is 337 g/mol. The van der Waals surface area contributed by atoms with E-state index < -0.39 is 24.4 Å². The zero-order valence-electron chi connectivity index (χ0n) is 13.1. The number of para-hydroxylation sites is 2. The molecule has 1 aliphatic heterocycles. The molecule has 0 unspecified atom stereocenters. The van der Waals surface area contributed by atoms with Gasteiger partial charge in [-0.2, -0.15) is 0 Å². The highest BCUT2D eigenvalue weighted by molar-refractivity contribution is 6.16. The lowest BCUT2D eigenvalue weighted by Gasteiger charge is -2.11. The number of hydrogen-bond acceptors (Lipinski definition) is 4. The summed E-state index contributed by atoms with van der Waals surface area (Å²) in [6, 6.07) is 14.5. The third-order valence-corrected chi connectivity index (χ3v) is 3.56. The molecule has 3 rings (SSSR count). The number of benzene rings is 2. The van der Waals surface area contributed by atoms with Crippen LogP contribution in [0.3, 0.4) is 0 Å². The maximum atomic E-state index is 12.3. The second-order valence-corrected chi connectivity index (χ2v) is 5.35. The quantitative estimate of drug-likeness (QED) is 0.586. The van der Waals surface area contributed by atoms with E-state index in [0.29, 0.717) is 11.3 Å². The number of carbonyl (C=O) groups excluding carboxylic acids is 3. The van der Waals surface area contributed by atoms with Crippen LogP contribution in [0.4, 0.5) is 10.5 Å². The number of carbonyl (C=O) groups is 3. The van der Waals surface area contributed by atoms with E-state index in [2.05, 4.69) is 10.6 Å². The molecule has 1 saturated heterocycles. The first-order valence-electron chi connectivity index (χ1n) is 7.52. The van der Waals surface area contributed by atoms with Crippen molar-refractivity contribution in [3.63, 3.8) is 0 Å². The number of rotatable bonds is 4. The second-order valence-electron chi connectivity index (χ2n) is 5.35. The monoisotopic (exact) mass is 337 g/mol. The summed E-state index contributed by atoms with van der Waals surface area (Å²) in [6.07, 6.45) is 1.37. The lowest BCUT2D eigenvalue weighted by molar-refractivity contribution is -0.127. The van der Waals surface area contributed by atoms with Crippen molar-refractivity contribution in [3.8, 4) is 5.75 Å². The van der Waals surface area contributed by atoms with Gasteiger partial charge in [0.15, 0.2) is 0 Å². The van der Waals surface area contributed by atoms with E-state index in [1.807, 2.05) is 6.07 Å². The zero-order valence-corrected chi connectivity index (χ0v) is 13.1. The molecule has 0 atom stereocenters. The van der Waals surface area contributed by atoms with Crippen LogP contribution in [0.5, 0.6) is 5.75 Å². The Labute approximate surface area is 143 Å². The molecule has 0 spiro atoms. The highest BCUT2D eigenvalue weighted by Gasteiger charge is 2.35. The molecule has 126 valence electrons. The van der Waals surface area contributed by atoms with E-state index in [1.54, 1.807) is 42.5 Å². The molecule has 0 radical (unpaired) electrons. The molecule has 0 saturated carbocycles. The van der Waals surface area contributed by atoms with Crippen LogP contribution in [0, 0.1) is 0 Å². The molecule has 0 bridgehead atoms. The Kier molecular flexibility index (Phi) is 4.47. The molecule has 1 heterocycles. The van der Waals surface area contributed by atoms with E-state index in [0.717, 1.165) is 4.90 Å². The maximum absolute atomic E-state index is 12.3. The highest BCUT2D eigenvalue weighted by Crippen LogP contribution is 2.21. The Morgan fingerprint density at radius 3 is 2.48 bits per heavy atom. The Morgan fingerprint density at radius 2 is 1.76 bits per heavy atom. The molecule has 0 aliphatic carbocycles. The van der Waals surface area contributed by atoms with Crippen molar-refractivity contribution in [1.29, 1.82) is 0 Å². The minimum absolute atomic E-state index is 0.000916. The summed E-state index contributed by atoms with van der Waals surface area (Å²) in [7, 11) is 0. The van der Waals surface area contributed by atoms with Crippen molar-refractivity contribution in [1.82, 2.24) is 10.2 Å². The molecule has 2 aromatic rings. The van der Waals surface area contributed by atoms with Crippen molar-refractivity contribution in [3.05, 3.63) is 65.9 Å². The molecule has 2 aromatic carbocycles. The number of urea groups is 1. The summed E-state index contributed by atoms with van der Waals surface area (Å²) in [5.41, 5.74) is 0.963. The molecule has 7 nitrogen and oxygen atoms in total. The van der Waals surface area contributed by atoms with Crippen LogP contribution in [0.2, 0.25) is 0 Å². The SMILES string of the molecule is O=C(CN1C(=O)N/C(=C\c2ccccc2O)C1=O)Nc1ccccc1. The molecule has 0 aromatic heterocycles. The Morgan fingerprint density at radius 1 is 1.08 bits per heavy atom. The zero-order chi connectivity index (χ0) is 17.8. The summed E-state index contributed by atoms with van der Waals surface area (Å²) >= 11 is 0. The fraction of sp³-hybridized carbons (Fsp3) is 0.0556. The Balaban J connectivity index is 1.71. The number of phenolic OH excluding ortho intramolecular Hbond substituents is 1. The van der Waals surface area contributed by atoms with Gasteiger partial charge >= 0.3 is 6.03 Å². The van der Waals surface area contributed by atoms with E-state index >= 15 is 0 Å². The Bertz CT molecular complexity index is 862. The number of anilines is 1. The number of phenols is 1. The summed E-state index contributed by atoms with van der Waals surface area (Å²) in [4.78, 5) is 37.1. The third kappa shape index (κ3) is 3.66. The topological polar surface area (TPSA) is 98.7 Å².